The van der Waals surface area contributed by atoms with Gasteiger partial charge >= 0.3 is 6.18 Å². The Hall–Kier alpha value is -2.29. The van der Waals surface area contributed by atoms with Crippen molar-refractivity contribution in [3.8, 4) is 0 Å². The van der Waals surface area contributed by atoms with E-state index in [2.05, 4.69) is 16.0 Å². The van der Waals surface area contributed by atoms with Crippen LogP contribution in [0.1, 0.15) is 13.8 Å². The molecule has 1 rings (SSSR count). The Kier molecular flexibility index (Phi) is 7.02. The van der Waals surface area contributed by atoms with E-state index < -0.39 is 30.6 Å². The number of amides is 2. The van der Waals surface area contributed by atoms with Crippen LogP contribution in [0.5, 0.6) is 0 Å². The van der Waals surface area contributed by atoms with Gasteiger partial charge in [0.1, 0.15) is 6.54 Å². The number of halogens is 3. The molecule has 1 aromatic rings. The molecule has 1 aromatic carbocycles. The lowest BCUT2D eigenvalue weighted by Gasteiger charge is -2.16. The van der Waals surface area contributed by atoms with Crippen LogP contribution in [0.25, 0.3) is 0 Å². The van der Waals surface area contributed by atoms with Gasteiger partial charge in [-0.15, -0.1) is 0 Å². The number of hydrogen-bond acceptors (Lipinski definition) is 4. The number of nitrogens with one attached hydrogen (secondary N) is 3. The molecule has 9 heteroatoms. The molecule has 0 radical (unpaired) electrons. The maximum absolute atomic E-state index is 12.3. The summed E-state index contributed by atoms with van der Waals surface area (Å²) in [6.07, 6.45) is -4.38. The molecule has 0 aromatic heterocycles. The van der Waals surface area contributed by atoms with E-state index in [9.17, 15) is 22.8 Å². The summed E-state index contributed by atoms with van der Waals surface area (Å²) in [6, 6.07) is 5.24. The van der Waals surface area contributed by atoms with Gasteiger partial charge in [0.2, 0.25) is 11.8 Å². The number of para-hydroxylation sites is 2. The summed E-state index contributed by atoms with van der Waals surface area (Å²) in [6.45, 7) is 1.99. The van der Waals surface area contributed by atoms with Gasteiger partial charge in [0.25, 0.3) is 0 Å². The lowest BCUT2D eigenvalue weighted by molar-refractivity contribution is -0.125. The van der Waals surface area contributed by atoms with Crippen LogP contribution in [0, 0.1) is 5.92 Å². The highest BCUT2D eigenvalue weighted by molar-refractivity contribution is 5.97. The van der Waals surface area contributed by atoms with Gasteiger partial charge in [0.05, 0.1) is 24.0 Å². The van der Waals surface area contributed by atoms with Crippen LogP contribution in [-0.2, 0) is 9.59 Å². The van der Waals surface area contributed by atoms with Crippen LogP contribution in [0.2, 0.25) is 0 Å². The molecule has 0 fully saturated rings. The van der Waals surface area contributed by atoms with E-state index in [4.69, 9.17) is 5.73 Å². The zero-order valence-electron chi connectivity index (χ0n) is 13.4. The number of carbonyl (C=O) groups is 2. The van der Waals surface area contributed by atoms with Crippen molar-refractivity contribution >= 4 is 23.2 Å². The highest BCUT2D eigenvalue weighted by Gasteiger charge is 2.27. The molecule has 5 N–H and O–H groups in total. The van der Waals surface area contributed by atoms with Gasteiger partial charge in [-0.05, 0) is 18.1 Å². The summed E-state index contributed by atoms with van der Waals surface area (Å²) in [5.41, 5.74) is 5.96. The fraction of sp³-hybridized carbons (Fsp3) is 0.467. The topological polar surface area (TPSA) is 96.2 Å². The van der Waals surface area contributed by atoms with Crippen LogP contribution in [-0.4, -0.2) is 37.1 Å². The van der Waals surface area contributed by atoms with Crippen LogP contribution in [0.15, 0.2) is 24.3 Å². The molecule has 0 unspecified atom stereocenters. The second kappa shape index (κ2) is 8.53. The Morgan fingerprint density at radius 3 is 2.29 bits per heavy atom. The van der Waals surface area contributed by atoms with Gasteiger partial charge in [-0.2, -0.15) is 13.2 Å². The Labute approximate surface area is 138 Å². The molecule has 134 valence electrons. The highest BCUT2D eigenvalue weighted by atomic mass is 19.4. The van der Waals surface area contributed by atoms with Gasteiger partial charge in [-0.3, -0.25) is 9.59 Å². The second-order valence-corrected chi connectivity index (χ2v) is 5.55. The zero-order valence-corrected chi connectivity index (χ0v) is 13.4. The zero-order chi connectivity index (χ0) is 18.3. The minimum atomic E-state index is -4.38. The van der Waals surface area contributed by atoms with Crippen molar-refractivity contribution < 1.29 is 22.8 Å². The number of rotatable bonds is 7. The minimum absolute atomic E-state index is 0.0830. The fourth-order valence-electron chi connectivity index (χ4n) is 1.72. The number of alkyl halides is 3. The quantitative estimate of drug-likeness (QED) is 0.604. The SMILES string of the molecule is CC(C)[C@H](N)C(=O)NCC(=O)Nc1ccccc1NCC(F)(F)F. The highest BCUT2D eigenvalue weighted by Crippen LogP contribution is 2.23. The average Bonchev–Trinajstić information content (AvgIpc) is 2.50. The smallest absolute Gasteiger partial charge is 0.375 e. The van der Waals surface area contributed by atoms with Crippen molar-refractivity contribution in [2.75, 3.05) is 23.7 Å². The number of carbonyl (C=O) groups excluding carboxylic acids is 2. The molecule has 24 heavy (non-hydrogen) atoms. The molecule has 0 heterocycles. The summed E-state index contributed by atoms with van der Waals surface area (Å²) in [5.74, 6) is -1.12. The molecule has 0 spiro atoms. The van der Waals surface area contributed by atoms with Crippen LogP contribution < -0.4 is 21.7 Å². The number of anilines is 2. The van der Waals surface area contributed by atoms with Gasteiger partial charge < -0.3 is 21.7 Å². The van der Waals surface area contributed by atoms with Crippen molar-refractivity contribution in [3.63, 3.8) is 0 Å². The standard InChI is InChI=1S/C15H21F3N4O2/c1-9(2)13(19)14(24)20-7-12(23)22-11-6-4-3-5-10(11)21-8-15(16,17)18/h3-6,9,13,21H,7-8,19H2,1-2H3,(H,20,24)(H,22,23)/t13-/m0/s1. The van der Waals surface area contributed by atoms with Crippen LogP contribution in [0.3, 0.4) is 0 Å². The summed E-state index contributed by atoms with van der Waals surface area (Å²) in [4.78, 5) is 23.5. The first-order valence-electron chi connectivity index (χ1n) is 7.33. The van der Waals surface area contributed by atoms with Gasteiger partial charge in [-0.1, -0.05) is 26.0 Å². The average molecular weight is 346 g/mol. The predicted molar refractivity (Wildman–Crippen MR) is 85.4 cm³/mol. The predicted octanol–water partition coefficient (Wildman–Crippen LogP) is 1.70. The molecule has 0 aliphatic rings. The van der Waals surface area contributed by atoms with E-state index in [1.165, 1.54) is 18.2 Å². The van der Waals surface area contributed by atoms with Gasteiger partial charge in [0.15, 0.2) is 0 Å². The summed E-state index contributed by atoms with van der Waals surface area (Å²) in [5, 5.41) is 7.04. The van der Waals surface area contributed by atoms with Crippen molar-refractivity contribution in [2.45, 2.75) is 26.1 Å². The first-order chi connectivity index (χ1) is 11.1. The van der Waals surface area contributed by atoms with E-state index in [-0.39, 0.29) is 23.8 Å². The Morgan fingerprint density at radius 1 is 1.17 bits per heavy atom. The Morgan fingerprint density at radius 2 is 1.75 bits per heavy atom. The summed E-state index contributed by atoms with van der Waals surface area (Å²) >= 11 is 0. The number of nitrogens with two attached hydrogens (primary N) is 1. The second-order valence-electron chi connectivity index (χ2n) is 5.55. The monoisotopic (exact) mass is 346 g/mol. The molecule has 2 amide bonds. The lowest BCUT2D eigenvalue weighted by atomic mass is 10.1. The first kappa shape index (κ1) is 19.8. The van der Waals surface area contributed by atoms with E-state index in [0.29, 0.717) is 0 Å². The molecular formula is C15H21F3N4O2. The van der Waals surface area contributed by atoms with Crippen molar-refractivity contribution in [1.82, 2.24) is 5.32 Å². The molecular weight excluding hydrogens is 325 g/mol. The first-order valence-corrected chi connectivity index (χ1v) is 7.33. The molecule has 0 bridgehead atoms. The molecule has 1 atom stereocenters. The van der Waals surface area contributed by atoms with E-state index in [0.717, 1.165) is 0 Å². The Bertz CT molecular complexity index is 576. The third-order valence-corrected chi connectivity index (χ3v) is 3.12. The van der Waals surface area contributed by atoms with Crippen LogP contribution in [0.4, 0.5) is 24.5 Å². The molecule has 0 saturated heterocycles. The van der Waals surface area contributed by atoms with Crippen LogP contribution >= 0.6 is 0 Å². The molecule has 0 aliphatic heterocycles. The van der Waals surface area contributed by atoms with E-state index >= 15 is 0 Å². The lowest BCUT2D eigenvalue weighted by Crippen LogP contribution is -2.46. The maximum Gasteiger partial charge on any atom is 0.405 e. The van der Waals surface area contributed by atoms with Gasteiger partial charge in [0, 0.05) is 0 Å². The summed E-state index contributed by atoms with van der Waals surface area (Å²) in [7, 11) is 0. The largest absolute Gasteiger partial charge is 0.405 e. The van der Waals surface area contributed by atoms with Crippen molar-refractivity contribution in [1.29, 1.82) is 0 Å². The minimum Gasteiger partial charge on any atom is -0.375 e. The van der Waals surface area contributed by atoms with E-state index in [1.807, 2.05) is 0 Å². The summed E-state index contributed by atoms with van der Waals surface area (Å²) < 4.78 is 36.8. The third kappa shape index (κ3) is 6.86. The maximum atomic E-state index is 12.3. The molecule has 0 saturated carbocycles. The van der Waals surface area contributed by atoms with Crippen molar-refractivity contribution in [3.05, 3.63) is 24.3 Å². The third-order valence-electron chi connectivity index (χ3n) is 3.12. The van der Waals surface area contributed by atoms with Gasteiger partial charge in [-0.25, -0.2) is 0 Å². The molecule has 0 aliphatic carbocycles. The normalized spacial score (nSPS) is 12.6. The fourth-order valence-corrected chi connectivity index (χ4v) is 1.72. The number of hydrogen-bond donors (Lipinski definition) is 4. The van der Waals surface area contributed by atoms with Crippen molar-refractivity contribution in [2.24, 2.45) is 11.7 Å². The number of benzene rings is 1. The Balaban J connectivity index is 2.60. The molecule has 6 nitrogen and oxygen atoms in total. The van der Waals surface area contributed by atoms with E-state index in [1.54, 1.807) is 19.9 Å².